The Balaban J connectivity index is 2.08. The fourth-order valence-electron chi connectivity index (χ4n) is 2.58. The Bertz CT molecular complexity index is 404. The number of nitrogens with two attached hydrogens (primary N) is 1. The summed E-state index contributed by atoms with van der Waals surface area (Å²) in [6, 6.07) is 3.94. The smallest absolute Gasteiger partial charge is 0.313 e. The number of esters is 1. The van der Waals surface area contributed by atoms with Gasteiger partial charge in [-0.2, -0.15) is 0 Å². The monoisotopic (exact) mass is 248 g/mol. The van der Waals surface area contributed by atoms with Crippen molar-refractivity contribution in [2.45, 2.75) is 25.7 Å². The van der Waals surface area contributed by atoms with Gasteiger partial charge in [0.2, 0.25) is 0 Å². The number of aryl methyl sites for hydroxylation is 1. The highest BCUT2D eigenvalue weighted by atomic mass is 16.5. The lowest BCUT2D eigenvalue weighted by Crippen LogP contribution is -2.42. The number of hydrogen-bond donors (Lipinski definition) is 1. The van der Waals surface area contributed by atoms with Gasteiger partial charge in [0, 0.05) is 18.9 Å². The van der Waals surface area contributed by atoms with Crippen molar-refractivity contribution in [1.82, 2.24) is 4.98 Å². The molecule has 98 valence electrons. The molecule has 4 nitrogen and oxygen atoms in total. The molecule has 0 radical (unpaired) electrons. The summed E-state index contributed by atoms with van der Waals surface area (Å²) in [6.45, 7) is 0.366. The van der Waals surface area contributed by atoms with E-state index in [9.17, 15) is 4.79 Å². The Morgan fingerprint density at radius 1 is 1.61 bits per heavy atom. The Morgan fingerprint density at radius 3 is 2.89 bits per heavy atom. The SMILES string of the molecule is COC(=O)C(CN)(CCc1cccnc1)C1CC1. The van der Waals surface area contributed by atoms with Gasteiger partial charge >= 0.3 is 5.97 Å². The number of hydrogen-bond acceptors (Lipinski definition) is 4. The normalized spacial score (nSPS) is 18.1. The fraction of sp³-hybridized carbons (Fsp3) is 0.571. The second kappa shape index (κ2) is 5.48. The third-order valence-electron chi connectivity index (χ3n) is 3.90. The molecule has 1 fully saturated rings. The number of carbonyl (C=O) groups excluding carboxylic acids is 1. The van der Waals surface area contributed by atoms with Crippen LogP contribution in [-0.2, 0) is 16.0 Å². The third kappa shape index (κ3) is 2.53. The molecule has 0 spiro atoms. The van der Waals surface area contributed by atoms with Crippen LogP contribution in [0.25, 0.3) is 0 Å². The summed E-state index contributed by atoms with van der Waals surface area (Å²) in [7, 11) is 1.44. The van der Waals surface area contributed by atoms with E-state index < -0.39 is 5.41 Å². The van der Waals surface area contributed by atoms with Crippen molar-refractivity contribution in [3.63, 3.8) is 0 Å². The van der Waals surface area contributed by atoms with Gasteiger partial charge < -0.3 is 10.5 Å². The lowest BCUT2D eigenvalue weighted by atomic mass is 9.77. The molecule has 1 atom stereocenters. The van der Waals surface area contributed by atoms with Gasteiger partial charge in [0.1, 0.15) is 0 Å². The zero-order valence-electron chi connectivity index (χ0n) is 10.8. The van der Waals surface area contributed by atoms with Crippen molar-refractivity contribution < 1.29 is 9.53 Å². The molecule has 1 aromatic rings. The molecule has 1 aliphatic carbocycles. The van der Waals surface area contributed by atoms with E-state index in [1.807, 2.05) is 18.3 Å². The largest absolute Gasteiger partial charge is 0.469 e. The number of rotatable bonds is 6. The van der Waals surface area contributed by atoms with E-state index >= 15 is 0 Å². The average molecular weight is 248 g/mol. The molecule has 18 heavy (non-hydrogen) atoms. The highest BCUT2D eigenvalue weighted by molar-refractivity contribution is 5.78. The zero-order chi connectivity index (χ0) is 13.0. The molecule has 0 bridgehead atoms. The van der Waals surface area contributed by atoms with Crippen LogP contribution >= 0.6 is 0 Å². The van der Waals surface area contributed by atoms with Crippen molar-refractivity contribution in [2.75, 3.05) is 13.7 Å². The van der Waals surface area contributed by atoms with Crippen LogP contribution in [0, 0.1) is 11.3 Å². The van der Waals surface area contributed by atoms with E-state index in [1.165, 1.54) is 7.11 Å². The minimum atomic E-state index is -0.495. The van der Waals surface area contributed by atoms with E-state index in [1.54, 1.807) is 6.20 Å². The van der Waals surface area contributed by atoms with Crippen LogP contribution in [0.3, 0.4) is 0 Å². The predicted octanol–water partition coefficient (Wildman–Crippen LogP) is 1.54. The molecule has 0 saturated heterocycles. The molecular weight excluding hydrogens is 228 g/mol. The lowest BCUT2D eigenvalue weighted by Gasteiger charge is -2.29. The summed E-state index contributed by atoms with van der Waals surface area (Å²) in [5, 5.41) is 0. The summed E-state index contributed by atoms with van der Waals surface area (Å²) in [5.41, 5.74) is 6.52. The number of pyridine rings is 1. The molecular formula is C14H20N2O2. The second-order valence-electron chi connectivity index (χ2n) is 4.99. The van der Waals surface area contributed by atoms with Gasteiger partial charge in [0.25, 0.3) is 0 Å². The van der Waals surface area contributed by atoms with E-state index in [-0.39, 0.29) is 5.97 Å². The summed E-state index contributed by atoms with van der Waals surface area (Å²) >= 11 is 0. The van der Waals surface area contributed by atoms with Crippen LogP contribution < -0.4 is 5.73 Å². The molecule has 1 aromatic heterocycles. The highest BCUT2D eigenvalue weighted by Gasteiger charge is 2.50. The van der Waals surface area contributed by atoms with Gasteiger partial charge in [-0.15, -0.1) is 0 Å². The third-order valence-corrected chi connectivity index (χ3v) is 3.90. The molecule has 1 heterocycles. The van der Waals surface area contributed by atoms with Crippen LogP contribution in [0.1, 0.15) is 24.8 Å². The topological polar surface area (TPSA) is 65.2 Å². The Kier molecular flexibility index (Phi) is 3.97. The standard InChI is InChI=1S/C14H20N2O2/c1-18-13(17)14(10-15,12-4-5-12)7-6-11-3-2-8-16-9-11/h2-3,8-9,12H,4-7,10,15H2,1H3. The molecule has 1 saturated carbocycles. The maximum atomic E-state index is 12.0. The van der Waals surface area contributed by atoms with Crippen LogP contribution in [0.2, 0.25) is 0 Å². The molecule has 1 unspecified atom stereocenters. The fourth-order valence-corrected chi connectivity index (χ4v) is 2.58. The van der Waals surface area contributed by atoms with Gasteiger partial charge in [-0.05, 0) is 43.2 Å². The minimum Gasteiger partial charge on any atom is -0.469 e. The number of methoxy groups -OCH3 is 1. The van der Waals surface area contributed by atoms with Crippen molar-refractivity contribution in [1.29, 1.82) is 0 Å². The van der Waals surface area contributed by atoms with E-state index in [2.05, 4.69) is 4.98 Å². The quantitative estimate of drug-likeness (QED) is 0.776. The Labute approximate surface area is 108 Å². The highest BCUT2D eigenvalue weighted by Crippen LogP contribution is 2.48. The molecule has 4 heteroatoms. The van der Waals surface area contributed by atoms with E-state index in [0.29, 0.717) is 12.5 Å². The molecule has 1 aliphatic rings. The first kappa shape index (κ1) is 13.0. The Morgan fingerprint density at radius 2 is 2.39 bits per heavy atom. The van der Waals surface area contributed by atoms with Crippen molar-refractivity contribution in [2.24, 2.45) is 17.1 Å². The maximum Gasteiger partial charge on any atom is 0.313 e. The summed E-state index contributed by atoms with van der Waals surface area (Å²) in [6.07, 6.45) is 7.31. The zero-order valence-corrected chi connectivity index (χ0v) is 10.8. The Hall–Kier alpha value is -1.42. The number of nitrogens with zero attached hydrogens (tertiary/aromatic N) is 1. The first-order chi connectivity index (χ1) is 8.73. The number of ether oxygens (including phenoxy) is 1. The van der Waals surface area contributed by atoms with Gasteiger partial charge in [0.15, 0.2) is 0 Å². The van der Waals surface area contributed by atoms with E-state index in [0.717, 1.165) is 31.2 Å². The van der Waals surface area contributed by atoms with Crippen LogP contribution in [0.15, 0.2) is 24.5 Å². The summed E-state index contributed by atoms with van der Waals surface area (Å²) in [4.78, 5) is 16.1. The van der Waals surface area contributed by atoms with Gasteiger partial charge in [-0.3, -0.25) is 9.78 Å². The van der Waals surface area contributed by atoms with Gasteiger partial charge in [0.05, 0.1) is 12.5 Å². The van der Waals surface area contributed by atoms with Crippen molar-refractivity contribution in [3.05, 3.63) is 30.1 Å². The van der Waals surface area contributed by atoms with Crippen LogP contribution in [-0.4, -0.2) is 24.6 Å². The molecule has 2 rings (SSSR count). The average Bonchev–Trinajstić information content (AvgIpc) is 3.26. The summed E-state index contributed by atoms with van der Waals surface area (Å²) in [5.74, 6) is 0.239. The van der Waals surface area contributed by atoms with Crippen molar-refractivity contribution >= 4 is 5.97 Å². The molecule has 2 N–H and O–H groups in total. The molecule has 0 amide bonds. The molecule has 0 aromatic carbocycles. The second-order valence-corrected chi connectivity index (χ2v) is 4.99. The van der Waals surface area contributed by atoms with Crippen LogP contribution in [0.4, 0.5) is 0 Å². The van der Waals surface area contributed by atoms with Gasteiger partial charge in [-0.1, -0.05) is 6.07 Å². The van der Waals surface area contributed by atoms with E-state index in [4.69, 9.17) is 10.5 Å². The minimum absolute atomic E-state index is 0.156. The lowest BCUT2D eigenvalue weighted by molar-refractivity contribution is -0.154. The number of aromatic nitrogens is 1. The molecule has 0 aliphatic heterocycles. The van der Waals surface area contributed by atoms with Crippen molar-refractivity contribution in [3.8, 4) is 0 Å². The maximum absolute atomic E-state index is 12.0. The number of carbonyl (C=O) groups is 1. The first-order valence-electron chi connectivity index (χ1n) is 6.40. The first-order valence-corrected chi connectivity index (χ1v) is 6.40. The van der Waals surface area contributed by atoms with Gasteiger partial charge in [-0.25, -0.2) is 0 Å². The predicted molar refractivity (Wildman–Crippen MR) is 68.8 cm³/mol. The van der Waals surface area contributed by atoms with Crippen LogP contribution in [0.5, 0.6) is 0 Å². The summed E-state index contributed by atoms with van der Waals surface area (Å²) < 4.78 is 4.96.